The number of carbonyl (C=O) groups excluding carboxylic acids is 1. The summed E-state index contributed by atoms with van der Waals surface area (Å²) in [6, 6.07) is 8.43. The van der Waals surface area contributed by atoms with E-state index in [1.165, 1.54) is 30.2 Å². The second-order valence-corrected chi connectivity index (χ2v) is 8.18. The van der Waals surface area contributed by atoms with Crippen molar-refractivity contribution in [3.63, 3.8) is 0 Å². The number of nitrogens with zero attached hydrogens (tertiary/aromatic N) is 1. The fourth-order valence-corrected chi connectivity index (χ4v) is 4.39. The molecule has 1 N–H and O–H groups in total. The van der Waals surface area contributed by atoms with Crippen molar-refractivity contribution in [2.24, 2.45) is 5.92 Å². The number of hydrogen-bond acceptors (Lipinski definition) is 5. The van der Waals surface area contributed by atoms with Gasteiger partial charge in [-0.05, 0) is 61.5 Å². The number of amides is 1. The van der Waals surface area contributed by atoms with Crippen molar-refractivity contribution in [3.8, 4) is 11.5 Å². The van der Waals surface area contributed by atoms with Gasteiger partial charge in [-0.15, -0.1) is 11.3 Å². The number of methoxy groups -OCH3 is 1. The van der Waals surface area contributed by atoms with E-state index < -0.39 is 6.61 Å². The van der Waals surface area contributed by atoms with Crippen LogP contribution in [0.1, 0.15) is 41.0 Å². The highest BCUT2D eigenvalue weighted by atomic mass is 32.1. The summed E-state index contributed by atoms with van der Waals surface area (Å²) in [5.41, 5.74) is 0.334. The van der Waals surface area contributed by atoms with Crippen LogP contribution in [0, 0.1) is 5.92 Å². The molecule has 0 saturated carbocycles. The average Bonchev–Trinajstić information content (AvgIpc) is 3.23. The van der Waals surface area contributed by atoms with Crippen molar-refractivity contribution in [1.82, 2.24) is 10.2 Å². The number of alkyl halides is 2. The van der Waals surface area contributed by atoms with Crippen LogP contribution in [-0.4, -0.2) is 44.2 Å². The van der Waals surface area contributed by atoms with Crippen molar-refractivity contribution < 1.29 is 23.0 Å². The lowest BCUT2D eigenvalue weighted by Crippen LogP contribution is -2.41. The van der Waals surface area contributed by atoms with Gasteiger partial charge in [0.05, 0.1) is 13.2 Å². The first-order valence-electron chi connectivity index (χ1n) is 9.66. The van der Waals surface area contributed by atoms with E-state index in [-0.39, 0.29) is 23.4 Å². The van der Waals surface area contributed by atoms with Gasteiger partial charge in [0.25, 0.3) is 5.91 Å². The van der Waals surface area contributed by atoms with Crippen molar-refractivity contribution in [2.75, 3.05) is 26.7 Å². The molecule has 1 aromatic heterocycles. The van der Waals surface area contributed by atoms with Crippen molar-refractivity contribution in [2.45, 2.75) is 32.4 Å². The Morgan fingerprint density at radius 3 is 2.66 bits per heavy atom. The van der Waals surface area contributed by atoms with Crippen molar-refractivity contribution in [3.05, 3.63) is 46.2 Å². The molecule has 1 amide bonds. The minimum atomic E-state index is -2.96. The Kier molecular flexibility index (Phi) is 7.44. The lowest BCUT2D eigenvalue weighted by molar-refractivity contribution is -0.0512. The molecule has 29 heavy (non-hydrogen) atoms. The maximum atomic E-state index is 12.7. The summed E-state index contributed by atoms with van der Waals surface area (Å²) in [6.07, 6.45) is 2.30. The van der Waals surface area contributed by atoms with Gasteiger partial charge in [0, 0.05) is 17.0 Å². The fourth-order valence-electron chi connectivity index (χ4n) is 3.52. The minimum Gasteiger partial charge on any atom is -0.493 e. The van der Waals surface area contributed by atoms with Gasteiger partial charge >= 0.3 is 6.61 Å². The van der Waals surface area contributed by atoms with Gasteiger partial charge in [0.1, 0.15) is 0 Å². The second-order valence-electron chi connectivity index (χ2n) is 7.20. The van der Waals surface area contributed by atoms with Gasteiger partial charge in [-0.25, -0.2) is 0 Å². The molecule has 2 aromatic rings. The summed E-state index contributed by atoms with van der Waals surface area (Å²) in [4.78, 5) is 16.3. The zero-order valence-corrected chi connectivity index (χ0v) is 17.4. The Bertz CT molecular complexity index is 793. The van der Waals surface area contributed by atoms with Crippen molar-refractivity contribution in [1.29, 1.82) is 0 Å². The molecule has 1 unspecified atom stereocenters. The normalized spacial score (nSPS) is 16.6. The minimum absolute atomic E-state index is 0.0952. The summed E-state index contributed by atoms with van der Waals surface area (Å²) in [6.45, 7) is 1.81. The monoisotopic (exact) mass is 424 g/mol. The molecule has 3 rings (SSSR count). The Balaban J connectivity index is 1.68. The molecular weight excluding hydrogens is 398 g/mol. The summed E-state index contributed by atoms with van der Waals surface area (Å²) < 4.78 is 34.5. The molecule has 1 aromatic carbocycles. The smallest absolute Gasteiger partial charge is 0.387 e. The van der Waals surface area contributed by atoms with Gasteiger partial charge in [-0.3, -0.25) is 9.69 Å². The number of nitrogens with one attached hydrogen (secondary N) is 1. The molecule has 1 aliphatic rings. The first kappa shape index (κ1) is 21.5. The third kappa shape index (κ3) is 5.67. The van der Waals surface area contributed by atoms with E-state index in [0.717, 1.165) is 31.8 Å². The SMILES string of the molecule is COc1cc(C(=O)NCC(c2cccs2)N2CCC(C)CC2)ccc1OC(F)F. The number of halogens is 2. The Hall–Kier alpha value is -2.19. The van der Waals surface area contributed by atoms with Gasteiger partial charge in [-0.2, -0.15) is 8.78 Å². The second kappa shape index (κ2) is 10.0. The third-order valence-electron chi connectivity index (χ3n) is 5.23. The van der Waals surface area contributed by atoms with Gasteiger partial charge in [0.15, 0.2) is 11.5 Å². The van der Waals surface area contributed by atoms with E-state index >= 15 is 0 Å². The molecule has 0 aliphatic carbocycles. The highest BCUT2D eigenvalue weighted by molar-refractivity contribution is 7.10. The van der Waals surface area contributed by atoms with Gasteiger partial charge in [0.2, 0.25) is 0 Å². The van der Waals surface area contributed by atoms with Crippen LogP contribution in [0.25, 0.3) is 0 Å². The first-order chi connectivity index (χ1) is 14.0. The molecule has 0 spiro atoms. The average molecular weight is 425 g/mol. The van der Waals surface area contributed by atoms with Crippen LogP contribution < -0.4 is 14.8 Å². The standard InChI is InChI=1S/C21H26F2N2O3S/c1-14-7-9-25(10-8-14)16(19-4-3-11-29-19)13-24-20(26)15-5-6-17(28-21(22)23)18(12-15)27-2/h3-6,11-12,14,16,21H,7-10,13H2,1-2H3,(H,24,26). The zero-order chi connectivity index (χ0) is 20.8. The predicted molar refractivity (Wildman–Crippen MR) is 109 cm³/mol. The first-order valence-corrected chi connectivity index (χ1v) is 10.5. The summed E-state index contributed by atoms with van der Waals surface area (Å²) in [5.74, 6) is 0.445. The number of rotatable bonds is 8. The van der Waals surface area contributed by atoms with Crippen LogP contribution in [0.2, 0.25) is 0 Å². The molecule has 5 nitrogen and oxygen atoms in total. The number of carbonyl (C=O) groups is 1. The van der Waals surface area contributed by atoms with Crippen LogP contribution in [0.4, 0.5) is 8.78 Å². The van der Waals surface area contributed by atoms with Gasteiger partial charge < -0.3 is 14.8 Å². The highest BCUT2D eigenvalue weighted by Gasteiger charge is 2.26. The Morgan fingerprint density at radius 2 is 2.03 bits per heavy atom. The summed E-state index contributed by atoms with van der Waals surface area (Å²) >= 11 is 1.69. The summed E-state index contributed by atoms with van der Waals surface area (Å²) in [7, 11) is 1.35. The van der Waals surface area contributed by atoms with E-state index in [1.807, 2.05) is 11.4 Å². The van der Waals surface area contributed by atoms with Crippen LogP contribution in [-0.2, 0) is 0 Å². The van der Waals surface area contributed by atoms with Crippen LogP contribution in [0.5, 0.6) is 11.5 Å². The Morgan fingerprint density at radius 1 is 1.28 bits per heavy atom. The number of piperidine rings is 1. The van der Waals surface area contributed by atoms with Crippen LogP contribution in [0.3, 0.4) is 0 Å². The topological polar surface area (TPSA) is 50.8 Å². The number of thiophene rings is 1. The number of ether oxygens (including phenoxy) is 2. The molecular formula is C21H26F2N2O3S. The molecule has 1 aliphatic heterocycles. The molecule has 158 valence electrons. The fraction of sp³-hybridized carbons (Fsp3) is 0.476. The zero-order valence-electron chi connectivity index (χ0n) is 16.6. The largest absolute Gasteiger partial charge is 0.493 e. The van der Waals surface area contributed by atoms with E-state index in [9.17, 15) is 13.6 Å². The molecule has 0 radical (unpaired) electrons. The Labute approximate surface area is 173 Å². The van der Waals surface area contributed by atoms with E-state index in [4.69, 9.17) is 4.74 Å². The molecule has 8 heteroatoms. The predicted octanol–water partition coefficient (Wildman–Crippen LogP) is 4.56. The van der Waals surface area contributed by atoms with Crippen molar-refractivity contribution >= 4 is 17.2 Å². The third-order valence-corrected chi connectivity index (χ3v) is 6.20. The molecule has 1 atom stereocenters. The number of benzene rings is 1. The molecule has 1 saturated heterocycles. The maximum absolute atomic E-state index is 12.7. The van der Waals surface area contributed by atoms with Crippen LogP contribution >= 0.6 is 11.3 Å². The molecule has 2 heterocycles. The van der Waals surface area contributed by atoms with E-state index in [1.54, 1.807) is 11.3 Å². The lowest BCUT2D eigenvalue weighted by Gasteiger charge is -2.36. The quantitative estimate of drug-likeness (QED) is 0.675. The maximum Gasteiger partial charge on any atom is 0.387 e. The van der Waals surface area contributed by atoms with Gasteiger partial charge in [-0.1, -0.05) is 13.0 Å². The lowest BCUT2D eigenvalue weighted by atomic mass is 9.97. The van der Waals surface area contributed by atoms with E-state index in [0.29, 0.717) is 12.1 Å². The van der Waals surface area contributed by atoms with E-state index in [2.05, 4.69) is 27.9 Å². The highest BCUT2D eigenvalue weighted by Crippen LogP contribution is 2.31. The number of likely N-dealkylation sites (tertiary alicyclic amines) is 1. The van der Waals surface area contributed by atoms with Crippen LogP contribution in [0.15, 0.2) is 35.7 Å². The number of hydrogen-bond donors (Lipinski definition) is 1. The summed E-state index contributed by atoms with van der Waals surface area (Å²) in [5, 5.41) is 5.03. The molecule has 0 bridgehead atoms. The molecule has 1 fully saturated rings.